The molecule has 0 atom stereocenters. The second-order valence-corrected chi connectivity index (χ2v) is 4.92. The van der Waals surface area contributed by atoms with Crippen LogP contribution < -0.4 is 5.32 Å². The number of carbonyl (C=O) groups is 2. The van der Waals surface area contributed by atoms with Gasteiger partial charge in [0.15, 0.2) is 0 Å². The molecule has 0 unspecified atom stereocenters. The molecule has 1 heterocycles. The molecule has 1 amide bonds. The van der Waals surface area contributed by atoms with Gasteiger partial charge >= 0.3 is 5.97 Å². The predicted octanol–water partition coefficient (Wildman–Crippen LogP) is 2.84. The van der Waals surface area contributed by atoms with Crippen LogP contribution in [0.5, 0.6) is 0 Å². The summed E-state index contributed by atoms with van der Waals surface area (Å²) in [7, 11) is 0. The van der Waals surface area contributed by atoms with Crippen LogP contribution >= 0.6 is 27.5 Å². The van der Waals surface area contributed by atoms with E-state index in [1.54, 1.807) is 0 Å². The van der Waals surface area contributed by atoms with Crippen molar-refractivity contribution in [2.75, 3.05) is 5.32 Å². The standard InChI is InChI=1S/C12H7BrClN3O3/c13-7-3-6(12(19)20)1-2-8(7)17-11(18)9-4-16-10(14)5-15-9/h1-5H,(H,17,18)(H,19,20). The van der Waals surface area contributed by atoms with Gasteiger partial charge < -0.3 is 10.4 Å². The summed E-state index contributed by atoms with van der Waals surface area (Å²) in [6, 6.07) is 4.26. The first kappa shape index (κ1) is 14.4. The molecule has 2 aromatic rings. The Bertz CT molecular complexity index is 676. The van der Waals surface area contributed by atoms with Gasteiger partial charge in [-0.3, -0.25) is 4.79 Å². The number of carboxylic acids is 1. The van der Waals surface area contributed by atoms with Crippen molar-refractivity contribution in [2.24, 2.45) is 0 Å². The number of aromatic carboxylic acids is 1. The highest BCUT2D eigenvalue weighted by Gasteiger charge is 2.12. The van der Waals surface area contributed by atoms with Gasteiger partial charge in [-0.05, 0) is 34.1 Å². The number of rotatable bonds is 3. The topological polar surface area (TPSA) is 92.2 Å². The number of benzene rings is 1. The first-order chi connectivity index (χ1) is 9.47. The molecule has 2 rings (SSSR count). The van der Waals surface area contributed by atoms with E-state index in [0.29, 0.717) is 10.2 Å². The maximum atomic E-state index is 11.9. The number of amides is 1. The second-order valence-electron chi connectivity index (χ2n) is 3.68. The normalized spacial score (nSPS) is 10.1. The van der Waals surface area contributed by atoms with Gasteiger partial charge in [0.05, 0.1) is 23.6 Å². The minimum absolute atomic E-state index is 0.101. The molecule has 0 aliphatic rings. The van der Waals surface area contributed by atoms with Crippen molar-refractivity contribution < 1.29 is 14.7 Å². The molecule has 0 bridgehead atoms. The van der Waals surface area contributed by atoms with Crippen LogP contribution in [0.15, 0.2) is 35.1 Å². The average Bonchev–Trinajstić information content (AvgIpc) is 2.41. The zero-order valence-electron chi connectivity index (χ0n) is 9.80. The number of hydrogen-bond donors (Lipinski definition) is 2. The molecule has 0 saturated heterocycles. The molecule has 1 aromatic carbocycles. The minimum Gasteiger partial charge on any atom is -0.478 e. The first-order valence-electron chi connectivity index (χ1n) is 5.29. The van der Waals surface area contributed by atoms with E-state index in [9.17, 15) is 9.59 Å². The zero-order chi connectivity index (χ0) is 14.7. The highest BCUT2D eigenvalue weighted by Crippen LogP contribution is 2.24. The summed E-state index contributed by atoms with van der Waals surface area (Å²) in [6.45, 7) is 0. The summed E-state index contributed by atoms with van der Waals surface area (Å²) in [4.78, 5) is 30.3. The Hall–Kier alpha value is -1.99. The lowest BCUT2D eigenvalue weighted by molar-refractivity contribution is 0.0696. The maximum Gasteiger partial charge on any atom is 0.335 e. The van der Waals surface area contributed by atoms with Crippen molar-refractivity contribution in [3.63, 3.8) is 0 Å². The second kappa shape index (κ2) is 5.98. The van der Waals surface area contributed by atoms with Crippen LogP contribution in [0.25, 0.3) is 0 Å². The van der Waals surface area contributed by atoms with Crippen molar-refractivity contribution in [1.82, 2.24) is 9.97 Å². The lowest BCUT2D eigenvalue weighted by atomic mass is 10.2. The van der Waals surface area contributed by atoms with E-state index in [4.69, 9.17) is 16.7 Å². The summed E-state index contributed by atoms with van der Waals surface area (Å²) in [5, 5.41) is 11.6. The zero-order valence-corrected chi connectivity index (χ0v) is 12.1. The Balaban J connectivity index is 2.19. The Morgan fingerprint density at radius 2 is 2.00 bits per heavy atom. The van der Waals surface area contributed by atoms with E-state index in [1.165, 1.54) is 30.6 Å². The highest BCUT2D eigenvalue weighted by molar-refractivity contribution is 9.10. The molecule has 20 heavy (non-hydrogen) atoms. The summed E-state index contributed by atoms with van der Waals surface area (Å²) in [6.07, 6.45) is 2.51. The quantitative estimate of drug-likeness (QED) is 0.882. The maximum absolute atomic E-state index is 11.9. The number of nitrogens with zero attached hydrogens (tertiary/aromatic N) is 2. The van der Waals surface area contributed by atoms with E-state index >= 15 is 0 Å². The molecule has 1 aromatic heterocycles. The third-order valence-electron chi connectivity index (χ3n) is 2.32. The van der Waals surface area contributed by atoms with Crippen LogP contribution in [0.3, 0.4) is 0 Å². The summed E-state index contributed by atoms with van der Waals surface area (Å²) < 4.78 is 0.452. The molecule has 0 aliphatic heterocycles. The Kier molecular flexibility index (Phi) is 4.31. The van der Waals surface area contributed by atoms with Crippen LogP contribution in [0, 0.1) is 0 Å². The first-order valence-corrected chi connectivity index (χ1v) is 6.46. The number of carboxylic acid groups (broad SMARTS) is 1. The van der Waals surface area contributed by atoms with Crippen LogP contribution in [0.4, 0.5) is 5.69 Å². The van der Waals surface area contributed by atoms with Crippen molar-refractivity contribution >= 4 is 45.1 Å². The highest BCUT2D eigenvalue weighted by atomic mass is 79.9. The molecular formula is C12H7BrClN3O3. The Morgan fingerprint density at radius 1 is 1.25 bits per heavy atom. The lowest BCUT2D eigenvalue weighted by Gasteiger charge is -2.07. The third kappa shape index (κ3) is 3.31. The molecule has 0 spiro atoms. The van der Waals surface area contributed by atoms with Gasteiger partial charge in [-0.1, -0.05) is 11.6 Å². The number of nitrogens with one attached hydrogen (secondary N) is 1. The number of anilines is 1. The van der Waals surface area contributed by atoms with Gasteiger partial charge in [0.1, 0.15) is 10.8 Å². The summed E-state index contributed by atoms with van der Waals surface area (Å²) in [5.74, 6) is -1.52. The number of hydrogen-bond acceptors (Lipinski definition) is 4. The number of aromatic nitrogens is 2. The fourth-order valence-corrected chi connectivity index (χ4v) is 1.94. The van der Waals surface area contributed by atoms with Gasteiger partial charge in [-0.25, -0.2) is 14.8 Å². The third-order valence-corrected chi connectivity index (χ3v) is 3.17. The monoisotopic (exact) mass is 355 g/mol. The molecule has 8 heteroatoms. The lowest BCUT2D eigenvalue weighted by Crippen LogP contribution is -2.14. The summed E-state index contributed by atoms with van der Waals surface area (Å²) >= 11 is 8.77. The van der Waals surface area contributed by atoms with Crippen molar-refractivity contribution in [1.29, 1.82) is 0 Å². The molecule has 6 nitrogen and oxygen atoms in total. The number of carbonyl (C=O) groups excluding carboxylic acids is 1. The van der Waals surface area contributed by atoms with Gasteiger partial charge in [-0.2, -0.15) is 0 Å². The summed E-state index contributed by atoms with van der Waals surface area (Å²) in [5.41, 5.74) is 0.640. The van der Waals surface area contributed by atoms with Crippen LogP contribution in [0.1, 0.15) is 20.8 Å². The SMILES string of the molecule is O=C(O)c1ccc(NC(=O)c2cnc(Cl)cn2)c(Br)c1. The molecule has 0 radical (unpaired) electrons. The van der Waals surface area contributed by atoms with Crippen molar-refractivity contribution in [2.45, 2.75) is 0 Å². The van der Waals surface area contributed by atoms with E-state index in [0.717, 1.165) is 0 Å². The molecule has 102 valence electrons. The minimum atomic E-state index is -1.05. The van der Waals surface area contributed by atoms with Crippen molar-refractivity contribution in [3.05, 3.63) is 51.5 Å². The van der Waals surface area contributed by atoms with E-state index in [1.807, 2.05) is 0 Å². The van der Waals surface area contributed by atoms with Gasteiger partial charge in [0.25, 0.3) is 5.91 Å². The average molecular weight is 357 g/mol. The van der Waals surface area contributed by atoms with Crippen LogP contribution in [-0.4, -0.2) is 27.0 Å². The Morgan fingerprint density at radius 3 is 2.55 bits per heavy atom. The number of halogens is 2. The van der Waals surface area contributed by atoms with Crippen molar-refractivity contribution in [3.8, 4) is 0 Å². The predicted molar refractivity (Wildman–Crippen MR) is 76.1 cm³/mol. The molecule has 0 saturated carbocycles. The fourth-order valence-electron chi connectivity index (χ4n) is 1.37. The Labute approximate surface area is 126 Å². The fraction of sp³-hybridized carbons (Fsp3) is 0. The molecule has 0 fully saturated rings. The van der Waals surface area contributed by atoms with E-state index < -0.39 is 11.9 Å². The van der Waals surface area contributed by atoms with Crippen LogP contribution in [0.2, 0.25) is 5.15 Å². The van der Waals surface area contributed by atoms with Gasteiger partial charge in [0, 0.05) is 4.47 Å². The molecule has 0 aliphatic carbocycles. The smallest absolute Gasteiger partial charge is 0.335 e. The van der Waals surface area contributed by atoms with E-state index in [2.05, 4.69) is 31.2 Å². The molecule has 2 N–H and O–H groups in total. The van der Waals surface area contributed by atoms with E-state index in [-0.39, 0.29) is 16.4 Å². The van der Waals surface area contributed by atoms with Gasteiger partial charge in [-0.15, -0.1) is 0 Å². The molecular weight excluding hydrogens is 350 g/mol. The largest absolute Gasteiger partial charge is 0.478 e. The van der Waals surface area contributed by atoms with Crippen LogP contribution in [-0.2, 0) is 0 Å². The van der Waals surface area contributed by atoms with Gasteiger partial charge in [0.2, 0.25) is 0 Å².